The zero-order chi connectivity index (χ0) is 14.8. The molecule has 1 nitrogen and oxygen atoms in total. The number of nitrogens with one attached hydrogen (secondary N) is 1. The van der Waals surface area contributed by atoms with Crippen molar-refractivity contribution in [3.63, 3.8) is 0 Å². The number of hydrogen-bond donors (Lipinski definition) is 1. The summed E-state index contributed by atoms with van der Waals surface area (Å²) in [6.45, 7) is 2.48. The second-order valence-corrected chi connectivity index (χ2v) is 7.84. The van der Waals surface area contributed by atoms with Crippen LogP contribution in [0.25, 0.3) is 0 Å². The van der Waals surface area contributed by atoms with Crippen molar-refractivity contribution < 1.29 is 0 Å². The van der Waals surface area contributed by atoms with Gasteiger partial charge in [-0.1, -0.05) is 84.0 Å². The van der Waals surface area contributed by atoms with E-state index in [1.807, 2.05) is 0 Å². The first kappa shape index (κ1) is 17.3. The highest BCUT2D eigenvalue weighted by Gasteiger charge is 2.22. The summed E-state index contributed by atoms with van der Waals surface area (Å²) in [7, 11) is 0. The van der Waals surface area contributed by atoms with Crippen LogP contribution in [0.5, 0.6) is 0 Å². The van der Waals surface area contributed by atoms with Crippen LogP contribution in [0, 0.1) is 5.92 Å². The highest BCUT2D eigenvalue weighted by atomic mass is 15.0. The predicted molar refractivity (Wildman–Crippen MR) is 93.7 cm³/mol. The number of rotatable bonds is 2. The molecule has 0 aromatic rings. The van der Waals surface area contributed by atoms with E-state index in [4.69, 9.17) is 0 Å². The molecule has 0 aromatic heterocycles. The average Bonchev–Trinajstić information content (AvgIpc) is 2.67. The van der Waals surface area contributed by atoms with Crippen LogP contribution in [0.1, 0.15) is 110 Å². The third-order valence-electron chi connectivity index (χ3n) is 5.92. The van der Waals surface area contributed by atoms with E-state index in [0.29, 0.717) is 0 Å². The minimum Gasteiger partial charge on any atom is -0.311 e. The monoisotopic (exact) mass is 293 g/mol. The van der Waals surface area contributed by atoms with Gasteiger partial charge in [0, 0.05) is 12.1 Å². The maximum absolute atomic E-state index is 4.10. The van der Waals surface area contributed by atoms with Gasteiger partial charge in [-0.15, -0.1) is 0 Å². The molecule has 2 aliphatic rings. The molecule has 0 spiro atoms. The molecule has 0 bridgehead atoms. The lowest BCUT2D eigenvalue weighted by Gasteiger charge is -2.29. The van der Waals surface area contributed by atoms with Gasteiger partial charge >= 0.3 is 0 Å². The van der Waals surface area contributed by atoms with Gasteiger partial charge in [-0.05, 0) is 31.6 Å². The summed E-state index contributed by atoms with van der Waals surface area (Å²) in [5, 5.41) is 4.10. The lowest BCUT2D eigenvalue weighted by atomic mass is 9.93. The molecule has 0 heterocycles. The first-order chi connectivity index (χ1) is 10.4. The van der Waals surface area contributed by atoms with Gasteiger partial charge in [-0.25, -0.2) is 0 Å². The van der Waals surface area contributed by atoms with E-state index in [2.05, 4.69) is 12.2 Å². The SMILES string of the molecule is CC1CCCCCC1NC1CCCCCCCCCCC1. The zero-order valence-electron chi connectivity index (χ0n) is 14.5. The highest BCUT2D eigenvalue weighted by Crippen LogP contribution is 2.25. The fraction of sp³-hybridized carbons (Fsp3) is 1.00. The van der Waals surface area contributed by atoms with Crippen LogP contribution < -0.4 is 5.32 Å². The fourth-order valence-corrected chi connectivity index (χ4v) is 4.37. The van der Waals surface area contributed by atoms with Crippen molar-refractivity contribution in [3.8, 4) is 0 Å². The zero-order valence-corrected chi connectivity index (χ0v) is 14.5. The summed E-state index contributed by atoms with van der Waals surface area (Å²) < 4.78 is 0. The first-order valence-corrected chi connectivity index (χ1v) is 10.1. The quantitative estimate of drug-likeness (QED) is 0.596. The first-order valence-electron chi connectivity index (χ1n) is 10.1. The maximum atomic E-state index is 4.10. The van der Waals surface area contributed by atoms with Crippen LogP contribution in [0.15, 0.2) is 0 Å². The molecule has 2 unspecified atom stereocenters. The van der Waals surface area contributed by atoms with E-state index in [1.54, 1.807) is 0 Å². The van der Waals surface area contributed by atoms with Gasteiger partial charge < -0.3 is 5.32 Å². The van der Waals surface area contributed by atoms with Gasteiger partial charge in [0.25, 0.3) is 0 Å². The Morgan fingerprint density at radius 2 is 0.952 bits per heavy atom. The number of hydrogen-bond acceptors (Lipinski definition) is 1. The Morgan fingerprint density at radius 3 is 1.57 bits per heavy atom. The lowest BCUT2D eigenvalue weighted by molar-refractivity contribution is 0.293. The minimum atomic E-state index is 0.811. The molecule has 0 saturated heterocycles. The van der Waals surface area contributed by atoms with E-state index in [9.17, 15) is 0 Å². The van der Waals surface area contributed by atoms with E-state index in [-0.39, 0.29) is 0 Å². The molecule has 2 atom stereocenters. The van der Waals surface area contributed by atoms with Crippen molar-refractivity contribution in [2.75, 3.05) is 0 Å². The molecule has 124 valence electrons. The minimum absolute atomic E-state index is 0.811. The Balaban J connectivity index is 1.78. The standard InChI is InChI=1S/C20H39N/c1-18-14-10-9-13-17-20(18)21-19-15-11-7-5-3-2-4-6-8-12-16-19/h18-21H,2-17H2,1H3. The lowest BCUT2D eigenvalue weighted by Crippen LogP contribution is -2.41. The van der Waals surface area contributed by atoms with Crippen molar-refractivity contribution in [1.29, 1.82) is 0 Å². The summed E-state index contributed by atoms with van der Waals surface area (Å²) in [5.74, 6) is 0.897. The molecular formula is C20H39N. The summed E-state index contributed by atoms with van der Waals surface area (Å²) in [6, 6.07) is 1.63. The molecule has 0 aliphatic heterocycles. The molecule has 2 saturated carbocycles. The van der Waals surface area contributed by atoms with Gasteiger partial charge in [-0.3, -0.25) is 0 Å². The molecular weight excluding hydrogens is 254 g/mol. The van der Waals surface area contributed by atoms with E-state index >= 15 is 0 Å². The highest BCUT2D eigenvalue weighted by molar-refractivity contribution is 4.81. The van der Waals surface area contributed by atoms with Crippen LogP contribution in [-0.2, 0) is 0 Å². The summed E-state index contributed by atoms with van der Waals surface area (Å²) in [5.41, 5.74) is 0. The Labute approximate surface area is 133 Å². The van der Waals surface area contributed by atoms with Crippen LogP contribution in [0.2, 0.25) is 0 Å². The third kappa shape index (κ3) is 7.17. The molecule has 0 radical (unpaired) electrons. The van der Waals surface area contributed by atoms with Crippen LogP contribution in [-0.4, -0.2) is 12.1 Å². The third-order valence-corrected chi connectivity index (χ3v) is 5.92. The van der Waals surface area contributed by atoms with Crippen LogP contribution in [0.4, 0.5) is 0 Å². The van der Waals surface area contributed by atoms with Crippen LogP contribution in [0.3, 0.4) is 0 Å². The molecule has 1 heteroatoms. The topological polar surface area (TPSA) is 12.0 Å². The molecule has 21 heavy (non-hydrogen) atoms. The van der Waals surface area contributed by atoms with Gasteiger partial charge in [0.1, 0.15) is 0 Å². The Bertz CT molecular complexity index is 238. The summed E-state index contributed by atoms with van der Waals surface area (Å²) in [6.07, 6.45) is 23.4. The molecule has 0 aromatic carbocycles. The van der Waals surface area contributed by atoms with Crippen molar-refractivity contribution in [3.05, 3.63) is 0 Å². The van der Waals surface area contributed by atoms with Crippen molar-refractivity contribution in [2.45, 2.75) is 122 Å². The molecule has 2 rings (SSSR count). The van der Waals surface area contributed by atoms with Gasteiger partial charge in [0.05, 0.1) is 0 Å². The Kier molecular flexibility index (Phi) is 8.78. The summed E-state index contributed by atoms with van der Waals surface area (Å²) >= 11 is 0. The van der Waals surface area contributed by atoms with Gasteiger partial charge in [0.15, 0.2) is 0 Å². The maximum Gasteiger partial charge on any atom is 0.00952 e. The predicted octanol–water partition coefficient (Wildman–Crippen LogP) is 6.22. The Hall–Kier alpha value is -0.0400. The van der Waals surface area contributed by atoms with E-state index in [0.717, 1.165) is 18.0 Å². The smallest absolute Gasteiger partial charge is 0.00952 e. The molecule has 2 fully saturated rings. The largest absolute Gasteiger partial charge is 0.311 e. The molecule has 1 N–H and O–H groups in total. The Morgan fingerprint density at radius 1 is 0.524 bits per heavy atom. The van der Waals surface area contributed by atoms with Crippen molar-refractivity contribution in [2.24, 2.45) is 5.92 Å². The average molecular weight is 294 g/mol. The van der Waals surface area contributed by atoms with E-state index in [1.165, 1.54) is 103 Å². The van der Waals surface area contributed by atoms with Gasteiger partial charge in [-0.2, -0.15) is 0 Å². The molecule has 0 amide bonds. The van der Waals surface area contributed by atoms with E-state index < -0.39 is 0 Å². The normalized spacial score (nSPS) is 31.9. The van der Waals surface area contributed by atoms with Gasteiger partial charge in [0.2, 0.25) is 0 Å². The van der Waals surface area contributed by atoms with Crippen molar-refractivity contribution >= 4 is 0 Å². The molecule has 2 aliphatic carbocycles. The van der Waals surface area contributed by atoms with Crippen LogP contribution >= 0.6 is 0 Å². The second-order valence-electron chi connectivity index (χ2n) is 7.84. The fourth-order valence-electron chi connectivity index (χ4n) is 4.37. The summed E-state index contributed by atoms with van der Waals surface area (Å²) in [4.78, 5) is 0. The second kappa shape index (κ2) is 10.6. The van der Waals surface area contributed by atoms with Crippen molar-refractivity contribution in [1.82, 2.24) is 5.32 Å².